The SMILES string of the molecule is Cc1ccnc(NC2CCC(Oc3nc(N4CCOCC4)cc4ncc(NS(C)(=O)=O)cc34)CC2)n1. The van der Waals surface area contributed by atoms with Gasteiger partial charge in [0.15, 0.2) is 0 Å². The van der Waals surface area contributed by atoms with Gasteiger partial charge in [-0.3, -0.25) is 9.71 Å². The van der Waals surface area contributed by atoms with E-state index in [-0.39, 0.29) is 12.1 Å². The molecule has 0 atom stereocenters. The molecule has 2 fully saturated rings. The van der Waals surface area contributed by atoms with Crippen LogP contribution in [0.4, 0.5) is 17.5 Å². The molecule has 0 radical (unpaired) electrons. The van der Waals surface area contributed by atoms with Crippen molar-refractivity contribution >= 4 is 38.4 Å². The van der Waals surface area contributed by atoms with Gasteiger partial charge in [0.1, 0.15) is 11.9 Å². The van der Waals surface area contributed by atoms with Crippen LogP contribution in [0.1, 0.15) is 31.4 Å². The lowest BCUT2D eigenvalue weighted by molar-refractivity contribution is 0.122. The zero-order valence-electron chi connectivity index (χ0n) is 20.5. The molecule has 0 aromatic carbocycles. The van der Waals surface area contributed by atoms with E-state index in [0.29, 0.717) is 41.6 Å². The minimum absolute atomic E-state index is 0.0105. The van der Waals surface area contributed by atoms with E-state index in [1.54, 1.807) is 12.3 Å². The van der Waals surface area contributed by atoms with Crippen molar-refractivity contribution in [3.63, 3.8) is 0 Å². The van der Waals surface area contributed by atoms with Crippen molar-refractivity contribution in [2.24, 2.45) is 0 Å². The fourth-order valence-electron chi connectivity index (χ4n) is 4.58. The Morgan fingerprint density at radius 3 is 2.58 bits per heavy atom. The van der Waals surface area contributed by atoms with Gasteiger partial charge in [0, 0.05) is 37.1 Å². The van der Waals surface area contributed by atoms with Gasteiger partial charge in [-0.15, -0.1) is 0 Å². The number of rotatable bonds is 7. The summed E-state index contributed by atoms with van der Waals surface area (Å²) in [6.45, 7) is 4.71. The topological polar surface area (TPSA) is 131 Å². The van der Waals surface area contributed by atoms with Crippen molar-refractivity contribution < 1.29 is 17.9 Å². The van der Waals surface area contributed by atoms with Gasteiger partial charge in [-0.1, -0.05) is 0 Å². The lowest BCUT2D eigenvalue weighted by atomic mass is 9.93. The Balaban J connectivity index is 1.35. The maximum Gasteiger partial charge on any atom is 0.229 e. The predicted molar refractivity (Wildman–Crippen MR) is 138 cm³/mol. The summed E-state index contributed by atoms with van der Waals surface area (Å²) in [5.74, 6) is 1.91. The predicted octanol–water partition coefficient (Wildman–Crippen LogP) is 2.74. The molecule has 1 aliphatic heterocycles. The summed E-state index contributed by atoms with van der Waals surface area (Å²) in [6, 6.07) is 5.81. The maximum atomic E-state index is 11.8. The number of sulfonamides is 1. The first-order chi connectivity index (χ1) is 17.3. The lowest BCUT2D eigenvalue weighted by Gasteiger charge is -2.31. The minimum Gasteiger partial charge on any atom is -0.474 e. The van der Waals surface area contributed by atoms with Crippen molar-refractivity contribution in [3.05, 3.63) is 36.3 Å². The zero-order valence-corrected chi connectivity index (χ0v) is 21.3. The molecule has 0 amide bonds. The first kappa shape index (κ1) is 24.4. The third kappa shape index (κ3) is 6.11. The number of nitrogens with zero attached hydrogens (tertiary/aromatic N) is 5. The van der Waals surface area contributed by atoms with Gasteiger partial charge in [-0.05, 0) is 44.7 Å². The molecule has 2 N–H and O–H groups in total. The lowest BCUT2D eigenvalue weighted by Crippen LogP contribution is -2.37. The highest BCUT2D eigenvalue weighted by molar-refractivity contribution is 7.92. The van der Waals surface area contributed by atoms with Crippen LogP contribution in [0.25, 0.3) is 10.9 Å². The van der Waals surface area contributed by atoms with Gasteiger partial charge in [0.2, 0.25) is 21.9 Å². The molecule has 192 valence electrons. The quantitative estimate of drug-likeness (QED) is 0.486. The molecule has 1 saturated heterocycles. The van der Waals surface area contributed by atoms with Crippen LogP contribution in [0.2, 0.25) is 0 Å². The molecule has 3 aromatic heterocycles. The molecule has 12 heteroatoms. The monoisotopic (exact) mass is 513 g/mol. The fraction of sp³-hybridized carbons (Fsp3) is 0.500. The Morgan fingerprint density at radius 1 is 1.08 bits per heavy atom. The van der Waals surface area contributed by atoms with E-state index >= 15 is 0 Å². The number of morpholine rings is 1. The van der Waals surface area contributed by atoms with Crippen LogP contribution < -0.4 is 19.7 Å². The molecule has 36 heavy (non-hydrogen) atoms. The van der Waals surface area contributed by atoms with Crippen molar-refractivity contribution in [2.45, 2.75) is 44.8 Å². The number of fused-ring (bicyclic) bond motifs is 1. The second-order valence-corrected chi connectivity index (χ2v) is 11.1. The molecule has 2 aliphatic rings. The van der Waals surface area contributed by atoms with Crippen LogP contribution in [-0.4, -0.2) is 73.1 Å². The summed E-state index contributed by atoms with van der Waals surface area (Å²) < 4.78 is 38.0. The number of hydrogen-bond donors (Lipinski definition) is 2. The highest BCUT2D eigenvalue weighted by atomic mass is 32.2. The number of anilines is 3. The molecule has 0 bridgehead atoms. The Labute approximate surface area is 210 Å². The van der Waals surface area contributed by atoms with E-state index in [0.717, 1.165) is 56.5 Å². The van der Waals surface area contributed by atoms with Gasteiger partial charge < -0.3 is 19.7 Å². The minimum atomic E-state index is -3.44. The fourth-order valence-corrected chi connectivity index (χ4v) is 5.12. The number of aromatic nitrogens is 4. The second kappa shape index (κ2) is 10.4. The van der Waals surface area contributed by atoms with Gasteiger partial charge >= 0.3 is 0 Å². The highest BCUT2D eigenvalue weighted by Crippen LogP contribution is 2.33. The van der Waals surface area contributed by atoms with Crippen LogP contribution in [0.3, 0.4) is 0 Å². The first-order valence-electron chi connectivity index (χ1n) is 12.2. The van der Waals surface area contributed by atoms with Gasteiger partial charge in [-0.25, -0.2) is 18.4 Å². The average Bonchev–Trinajstić information content (AvgIpc) is 2.85. The van der Waals surface area contributed by atoms with E-state index in [1.165, 1.54) is 6.20 Å². The van der Waals surface area contributed by atoms with Gasteiger partial charge in [-0.2, -0.15) is 4.98 Å². The van der Waals surface area contributed by atoms with E-state index < -0.39 is 10.0 Å². The second-order valence-electron chi connectivity index (χ2n) is 9.31. The summed E-state index contributed by atoms with van der Waals surface area (Å²) >= 11 is 0. The Kier molecular flexibility index (Phi) is 7.06. The summed E-state index contributed by atoms with van der Waals surface area (Å²) in [5.41, 5.74) is 2.01. The Morgan fingerprint density at radius 2 is 1.86 bits per heavy atom. The molecule has 3 aromatic rings. The van der Waals surface area contributed by atoms with Crippen molar-refractivity contribution in [1.82, 2.24) is 19.9 Å². The van der Waals surface area contributed by atoms with E-state index in [9.17, 15) is 8.42 Å². The molecule has 0 unspecified atom stereocenters. The smallest absolute Gasteiger partial charge is 0.229 e. The van der Waals surface area contributed by atoms with Crippen LogP contribution in [0, 0.1) is 6.92 Å². The third-order valence-corrected chi connectivity index (χ3v) is 6.96. The third-order valence-electron chi connectivity index (χ3n) is 6.35. The summed E-state index contributed by atoms with van der Waals surface area (Å²) in [5, 5.41) is 4.11. The van der Waals surface area contributed by atoms with E-state index in [1.807, 2.05) is 19.1 Å². The molecule has 11 nitrogen and oxygen atoms in total. The van der Waals surface area contributed by atoms with E-state index in [2.05, 4.69) is 29.9 Å². The van der Waals surface area contributed by atoms with Crippen LogP contribution in [-0.2, 0) is 14.8 Å². The normalized spacial score (nSPS) is 20.8. The number of pyridine rings is 2. The molecule has 4 heterocycles. The van der Waals surface area contributed by atoms with Crippen molar-refractivity contribution in [1.29, 1.82) is 0 Å². The molecule has 1 saturated carbocycles. The summed E-state index contributed by atoms with van der Waals surface area (Å²) in [7, 11) is -3.44. The summed E-state index contributed by atoms with van der Waals surface area (Å²) in [6.07, 6.45) is 7.92. The number of aryl methyl sites for hydroxylation is 1. The highest BCUT2D eigenvalue weighted by Gasteiger charge is 2.25. The number of ether oxygens (including phenoxy) is 2. The van der Waals surface area contributed by atoms with Gasteiger partial charge in [0.05, 0.1) is 42.3 Å². The molecule has 5 rings (SSSR count). The standard InChI is InChI=1S/C24H31N7O4S/c1-16-7-8-25-24(27-16)28-17-3-5-19(6-4-17)35-23-20-13-18(30-36(2,32)33)15-26-21(20)14-22(29-23)31-9-11-34-12-10-31/h7-8,13-15,17,19,30H,3-6,9-12H2,1-2H3,(H,25,27,28). The van der Waals surface area contributed by atoms with E-state index in [4.69, 9.17) is 14.5 Å². The summed E-state index contributed by atoms with van der Waals surface area (Å²) in [4.78, 5) is 20.3. The Hall–Kier alpha value is -3.25. The van der Waals surface area contributed by atoms with Crippen LogP contribution >= 0.6 is 0 Å². The molecule has 0 spiro atoms. The average molecular weight is 514 g/mol. The largest absolute Gasteiger partial charge is 0.474 e. The maximum absolute atomic E-state index is 11.8. The molecule has 1 aliphatic carbocycles. The molecular weight excluding hydrogens is 482 g/mol. The zero-order chi connectivity index (χ0) is 25.1. The van der Waals surface area contributed by atoms with Crippen LogP contribution in [0.5, 0.6) is 5.88 Å². The number of nitrogens with one attached hydrogen (secondary N) is 2. The van der Waals surface area contributed by atoms with Crippen molar-refractivity contribution in [3.8, 4) is 5.88 Å². The van der Waals surface area contributed by atoms with Crippen molar-refractivity contribution in [2.75, 3.05) is 47.5 Å². The molecular formula is C24H31N7O4S. The van der Waals surface area contributed by atoms with Crippen LogP contribution in [0.15, 0.2) is 30.6 Å². The number of hydrogen-bond acceptors (Lipinski definition) is 10. The first-order valence-corrected chi connectivity index (χ1v) is 14.1. The van der Waals surface area contributed by atoms with Gasteiger partial charge in [0.25, 0.3) is 0 Å². The Bertz CT molecular complexity index is 1320.